The summed E-state index contributed by atoms with van der Waals surface area (Å²) < 4.78 is 0. The normalized spacial score (nSPS) is 25.8. The zero-order valence-corrected chi connectivity index (χ0v) is 13.7. The Morgan fingerprint density at radius 1 is 1.32 bits per heavy atom. The van der Waals surface area contributed by atoms with Crippen LogP contribution in [0, 0.1) is 0 Å². The number of carbonyl (C=O) groups is 1. The van der Waals surface area contributed by atoms with Crippen molar-refractivity contribution < 1.29 is 4.79 Å². The lowest BCUT2D eigenvalue weighted by molar-refractivity contribution is -0.120. The standard InChI is InChI=1S/C18H27N3O/c1-14-9-10-15-6-3-4-8-17(15)21(14)18(22)13-20-11-5-7-16(12-20)19-2/h3-4,6,8,14,16,19H,5,7,9-13H2,1-2H3. The van der Waals surface area contributed by atoms with Gasteiger partial charge in [0.2, 0.25) is 5.91 Å². The van der Waals surface area contributed by atoms with E-state index in [1.54, 1.807) is 0 Å². The number of fused-ring (bicyclic) bond motifs is 1. The van der Waals surface area contributed by atoms with Gasteiger partial charge in [-0.3, -0.25) is 9.69 Å². The first-order valence-corrected chi connectivity index (χ1v) is 8.48. The molecule has 22 heavy (non-hydrogen) atoms. The number of aryl methyl sites for hydroxylation is 1. The molecular formula is C18H27N3O. The van der Waals surface area contributed by atoms with Gasteiger partial charge in [-0.1, -0.05) is 18.2 Å². The Bertz CT molecular complexity index is 531. The molecule has 1 N–H and O–H groups in total. The van der Waals surface area contributed by atoms with E-state index in [4.69, 9.17) is 0 Å². The van der Waals surface area contributed by atoms with Gasteiger partial charge >= 0.3 is 0 Å². The lowest BCUT2D eigenvalue weighted by atomic mass is 9.96. The van der Waals surface area contributed by atoms with Gasteiger partial charge in [0.1, 0.15) is 0 Å². The van der Waals surface area contributed by atoms with E-state index < -0.39 is 0 Å². The Balaban J connectivity index is 1.71. The van der Waals surface area contributed by atoms with Crippen molar-refractivity contribution in [1.29, 1.82) is 0 Å². The van der Waals surface area contributed by atoms with Crippen molar-refractivity contribution in [3.05, 3.63) is 29.8 Å². The Morgan fingerprint density at radius 2 is 2.14 bits per heavy atom. The van der Waals surface area contributed by atoms with Gasteiger partial charge in [-0.05, 0) is 57.8 Å². The van der Waals surface area contributed by atoms with Crippen molar-refractivity contribution in [2.45, 2.75) is 44.7 Å². The molecule has 3 rings (SSSR count). The Morgan fingerprint density at radius 3 is 2.95 bits per heavy atom. The van der Waals surface area contributed by atoms with Gasteiger partial charge in [-0.15, -0.1) is 0 Å². The van der Waals surface area contributed by atoms with Crippen molar-refractivity contribution in [3.8, 4) is 0 Å². The number of anilines is 1. The number of carbonyl (C=O) groups excluding carboxylic acids is 1. The maximum Gasteiger partial charge on any atom is 0.241 e. The van der Waals surface area contributed by atoms with Crippen LogP contribution >= 0.6 is 0 Å². The van der Waals surface area contributed by atoms with Gasteiger partial charge in [0, 0.05) is 24.3 Å². The van der Waals surface area contributed by atoms with Gasteiger partial charge in [0.15, 0.2) is 0 Å². The van der Waals surface area contributed by atoms with E-state index >= 15 is 0 Å². The van der Waals surface area contributed by atoms with Crippen LogP contribution in [0.2, 0.25) is 0 Å². The molecule has 1 amide bonds. The molecule has 1 saturated heterocycles. The predicted octanol–water partition coefficient (Wildman–Crippen LogP) is 2.04. The van der Waals surface area contributed by atoms with Crippen molar-refractivity contribution in [1.82, 2.24) is 10.2 Å². The molecule has 0 radical (unpaired) electrons. The number of nitrogens with one attached hydrogen (secondary N) is 1. The lowest BCUT2D eigenvalue weighted by Gasteiger charge is -2.38. The summed E-state index contributed by atoms with van der Waals surface area (Å²) in [5.74, 6) is 0.247. The summed E-state index contributed by atoms with van der Waals surface area (Å²) in [6, 6.07) is 9.17. The minimum atomic E-state index is 0.247. The number of amides is 1. The number of hydrogen-bond donors (Lipinski definition) is 1. The average Bonchev–Trinajstić information content (AvgIpc) is 2.54. The average molecular weight is 301 g/mol. The fourth-order valence-electron chi connectivity index (χ4n) is 3.77. The van der Waals surface area contributed by atoms with Crippen LogP contribution in [-0.2, 0) is 11.2 Å². The highest BCUT2D eigenvalue weighted by Crippen LogP contribution is 2.30. The smallest absolute Gasteiger partial charge is 0.241 e. The molecule has 4 nitrogen and oxygen atoms in total. The molecule has 1 aromatic carbocycles. The van der Waals surface area contributed by atoms with Crippen molar-refractivity contribution in [2.24, 2.45) is 0 Å². The minimum absolute atomic E-state index is 0.247. The molecule has 1 fully saturated rings. The molecule has 2 aliphatic heterocycles. The predicted molar refractivity (Wildman–Crippen MR) is 90.2 cm³/mol. The maximum absolute atomic E-state index is 12.9. The molecule has 0 spiro atoms. The fourth-order valence-corrected chi connectivity index (χ4v) is 3.77. The number of likely N-dealkylation sites (tertiary alicyclic amines) is 1. The second-order valence-electron chi connectivity index (χ2n) is 6.64. The van der Waals surface area contributed by atoms with E-state index in [-0.39, 0.29) is 5.91 Å². The highest BCUT2D eigenvalue weighted by atomic mass is 16.2. The van der Waals surface area contributed by atoms with E-state index in [1.807, 2.05) is 18.0 Å². The monoisotopic (exact) mass is 301 g/mol. The van der Waals surface area contributed by atoms with E-state index in [9.17, 15) is 4.79 Å². The van der Waals surface area contributed by atoms with Crippen molar-refractivity contribution in [2.75, 3.05) is 31.6 Å². The maximum atomic E-state index is 12.9. The highest BCUT2D eigenvalue weighted by molar-refractivity contribution is 5.96. The molecule has 2 heterocycles. The molecule has 2 atom stereocenters. The Kier molecular flexibility index (Phi) is 4.79. The molecule has 4 heteroatoms. The first kappa shape index (κ1) is 15.5. The number of nitrogens with zero attached hydrogens (tertiary/aromatic N) is 2. The van der Waals surface area contributed by atoms with Crippen LogP contribution in [0.1, 0.15) is 31.7 Å². The third-order valence-corrected chi connectivity index (χ3v) is 5.06. The van der Waals surface area contributed by atoms with Crippen LogP contribution in [0.25, 0.3) is 0 Å². The summed E-state index contributed by atoms with van der Waals surface area (Å²) in [4.78, 5) is 17.2. The number of para-hydroxylation sites is 1. The Labute approximate surface area is 133 Å². The summed E-state index contributed by atoms with van der Waals surface area (Å²) in [6.45, 7) is 4.72. The second-order valence-corrected chi connectivity index (χ2v) is 6.64. The topological polar surface area (TPSA) is 35.6 Å². The molecule has 1 aromatic rings. The zero-order valence-electron chi connectivity index (χ0n) is 13.7. The first-order valence-electron chi connectivity index (χ1n) is 8.48. The van der Waals surface area contributed by atoms with E-state index in [2.05, 4.69) is 35.3 Å². The lowest BCUT2D eigenvalue weighted by Crippen LogP contribution is -2.51. The van der Waals surface area contributed by atoms with Crippen LogP contribution in [-0.4, -0.2) is 49.6 Å². The molecule has 0 aromatic heterocycles. The van der Waals surface area contributed by atoms with E-state index in [0.717, 1.165) is 31.6 Å². The molecule has 120 valence electrons. The third-order valence-electron chi connectivity index (χ3n) is 5.06. The largest absolute Gasteiger partial charge is 0.316 e. The van der Waals surface area contributed by atoms with E-state index in [1.165, 1.54) is 18.4 Å². The van der Waals surface area contributed by atoms with Crippen LogP contribution in [0.4, 0.5) is 5.69 Å². The SMILES string of the molecule is CNC1CCCN(CC(=O)N2c3ccccc3CCC2C)C1. The molecule has 0 aliphatic carbocycles. The third kappa shape index (κ3) is 3.18. The Hall–Kier alpha value is -1.39. The highest BCUT2D eigenvalue weighted by Gasteiger charge is 2.30. The number of piperidine rings is 1. The van der Waals surface area contributed by atoms with Gasteiger partial charge in [-0.2, -0.15) is 0 Å². The molecule has 2 unspecified atom stereocenters. The molecule has 0 saturated carbocycles. The van der Waals surface area contributed by atoms with E-state index in [0.29, 0.717) is 18.6 Å². The summed E-state index contributed by atoms with van der Waals surface area (Å²) >= 11 is 0. The summed E-state index contributed by atoms with van der Waals surface area (Å²) in [6.07, 6.45) is 4.52. The van der Waals surface area contributed by atoms with Crippen molar-refractivity contribution >= 4 is 11.6 Å². The van der Waals surface area contributed by atoms with Gasteiger partial charge < -0.3 is 10.2 Å². The summed E-state index contributed by atoms with van der Waals surface area (Å²) in [5, 5.41) is 3.34. The van der Waals surface area contributed by atoms with Crippen LogP contribution < -0.4 is 10.2 Å². The van der Waals surface area contributed by atoms with Crippen LogP contribution in [0.5, 0.6) is 0 Å². The van der Waals surface area contributed by atoms with Gasteiger partial charge in [-0.25, -0.2) is 0 Å². The van der Waals surface area contributed by atoms with Gasteiger partial charge in [0.25, 0.3) is 0 Å². The summed E-state index contributed by atoms with van der Waals surface area (Å²) in [7, 11) is 2.01. The molecular weight excluding hydrogens is 274 g/mol. The van der Waals surface area contributed by atoms with Crippen LogP contribution in [0.15, 0.2) is 24.3 Å². The molecule has 2 aliphatic rings. The second kappa shape index (κ2) is 6.80. The quantitative estimate of drug-likeness (QED) is 0.928. The summed E-state index contributed by atoms with van der Waals surface area (Å²) in [5.41, 5.74) is 2.43. The first-order chi connectivity index (χ1) is 10.7. The number of benzene rings is 1. The van der Waals surface area contributed by atoms with Gasteiger partial charge in [0.05, 0.1) is 6.54 Å². The molecule has 0 bridgehead atoms. The fraction of sp³-hybridized carbons (Fsp3) is 0.611. The zero-order chi connectivity index (χ0) is 15.5. The number of rotatable bonds is 3. The van der Waals surface area contributed by atoms with Crippen LogP contribution in [0.3, 0.4) is 0 Å². The number of likely N-dealkylation sites (N-methyl/N-ethyl adjacent to an activating group) is 1. The minimum Gasteiger partial charge on any atom is -0.316 e. The van der Waals surface area contributed by atoms with Crippen molar-refractivity contribution in [3.63, 3.8) is 0 Å². The number of hydrogen-bond acceptors (Lipinski definition) is 3.